The second kappa shape index (κ2) is 7.72. The van der Waals surface area contributed by atoms with Gasteiger partial charge in [-0.15, -0.1) is 0 Å². The van der Waals surface area contributed by atoms with Crippen LogP contribution in [-0.4, -0.2) is 66.3 Å². The number of rotatable bonds is 6. The second-order valence-corrected chi connectivity index (χ2v) is 4.81. The molecule has 0 bridgehead atoms. The summed E-state index contributed by atoms with van der Waals surface area (Å²) in [5, 5.41) is 26.1. The van der Waals surface area contributed by atoms with Crippen molar-refractivity contribution in [2.75, 3.05) is 20.1 Å². The summed E-state index contributed by atoms with van der Waals surface area (Å²) >= 11 is 0. The number of hydrogen-bond donors (Lipinski definition) is 6. The Hall–Kier alpha value is -1.97. The molecular weight excluding hydrogens is 280 g/mol. The van der Waals surface area contributed by atoms with E-state index in [2.05, 4.69) is 10.6 Å². The normalized spacial score (nSPS) is 24.9. The van der Waals surface area contributed by atoms with Crippen LogP contribution in [-0.2, 0) is 14.4 Å². The summed E-state index contributed by atoms with van der Waals surface area (Å²) in [5.41, 5.74) is 5.10. The third kappa shape index (κ3) is 5.14. The third-order valence-corrected chi connectivity index (χ3v) is 3.00. The molecule has 0 aliphatic heterocycles. The number of quaternary nitrogens is 1. The molecule has 0 saturated heterocycles. The van der Waals surface area contributed by atoms with Crippen LogP contribution >= 0.6 is 0 Å². The van der Waals surface area contributed by atoms with E-state index in [1.54, 1.807) is 12.4 Å². The van der Waals surface area contributed by atoms with Gasteiger partial charge in [0.05, 0.1) is 25.7 Å². The van der Waals surface area contributed by atoms with Gasteiger partial charge in [0.25, 0.3) is 5.91 Å². The molecule has 0 aromatic rings. The number of carbonyl (C=O) groups is 3. The maximum atomic E-state index is 11.8. The van der Waals surface area contributed by atoms with Gasteiger partial charge >= 0.3 is 0 Å². The third-order valence-electron chi connectivity index (χ3n) is 3.00. The number of nitrogens with one attached hydrogen (secondary N) is 2. The first-order valence-corrected chi connectivity index (χ1v) is 6.55. The van der Waals surface area contributed by atoms with Crippen LogP contribution in [0.2, 0.25) is 0 Å². The molecule has 3 atom stereocenters. The van der Waals surface area contributed by atoms with E-state index in [-0.39, 0.29) is 31.0 Å². The van der Waals surface area contributed by atoms with E-state index in [0.29, 0.717) is 0 Å². The van der Waals surface area contributed by atoms with E-state index in [1.807, 2.05) is 0 Å². The molecule has 1 aliphatic carbocycles. The van der Waals surface area contributed by atoms with E-state index in [9.17, 15) is 24.6 Å². The van der Waals surface area contributed by atoms with Crippen LogP contribution in [0.1, 0.15) is 6.42 Å². The monoisotopic (exact) mass is 301 g/mol. The Balaban J connectivity index is 2.76. The van der Waals surface area contributed by atoms with Gasteiger partial charge in [0.15, 0.2) is 6.54 Å². The number of nitrogens with two attached hydrogens (primary N) is 2. The average molecular weight is 301 g/mol. The molecule has 8 N–H and O–H groups in total. The summed E-state index contributed by atoms with van der Waals surface area (Å²) < 4.78 is 0. The van der Waals surface area contributed by atoms with E-state index in [1.165, 1.54) is 6.08 Å². The largest absolute Gasteiger partial charge is 0.390 e. The van der Waals surface area contributed by atoms with Crippen LogP contribution in [0.4, 0.5) is 0 Å². The first-order chi connectivity index (χ1) is 9.85. The second-order valence-electron chi connectivity index (χ2n) is 4.81. The number of likely N-dealkylation sites (N-methyl/N-ethyl adjacent to an activating group) is 1. The number of aliphatic hydroxyl groups excluding tert-OH is 2. The Bertz CT molecular complexity index is 451. The minimum absolute atomic E-state index is 0.0714. The fourth-order valence-corrected chi connectivity index (χ4v) is 1.98. The molecule has 9 nitrogen and oxygen atoms in total. The van der Waals surface area contributed by atoms with Gasteiger partial charge in [-0.1, -0.05) is 6.08 Å². The lowest BCUT2D eigenvalue weighted by Gasteiger charge is -2.30. The Kier molecular flexibility index (Phi) is 6.28. The molecule has 21 heavy (non-hydrogen) atoms. The standard InChI is InChI=1S/C12H20N4O5/c1-14-5-10(19)16-7-2-6(3-8(17)11(7)20)12(21)15-4-9(13)18/h2,7-8,11,14,17,20H,3-5H2,1H3,(H2,13,18)(H,15,21)(H,16,19)/p+1/t7-,8-,11-/m1/s1. The van der Waals surface area contributed by atoms with E-state index in [4.69, 9.17) is 5.73 Å². The first-order valence-electron chi connectivity index (χ1n) is 6.55. The van der Waals surface area contributed by atoms with Crippen LogP contribution in [0.5, 0.6) is 0 Å². The molecule has 0 heterocycles. The van der Waals surface area contributed by atoms with Crippen molar-refractivity contribution in [3.63, 3.8) is 0 Å². The predicted octanol–water partition coefficient (Wildman–Crippen LogP) is -4.68. The van der Waals surface area contributed by atoms with Crippen molar-refractivity contribution in [2.45, 2.75) is 24.7 Å². The molecule has 0 radical (unpaired) electrons. The van der Waals surface area contributed by atoms with Gasteiger partial charge in [-0.05, 0) is 0 Å². The Morgan fingerprint density at radius 2 is 2.10 bits per heavy atom. The van der Waals surface area contributed by atoms with Gasteiger partial charge in [-0.2, -0.15) is 0 Å². The highest BCUT2D eigenvalue weighted by Crippen LogP contribution is 2.19. The molecule has 1 aliphatic rings. The van der Waals surface area contributed by atoms with Gasteiger partial charge in [0.2, 0.25) is 11.8 Å². The molecule has 0 fully saturated rings. The predicted molar refractivity (Wildman–Crippen MR) is 71.6 cm³/mol. The zero-order valence-electron chi connectivity index (χ0n) is 11.7. The highest BCUT2D eigenvalue weighted by atomic mass is 16.3. The smallest absolute Gasteiger partial charge is 0.275 e. The van der Waals surface area contributed by atoms with Crippen molar-refractivity contribution in [3.05, 3.63) is 11.6 Å². The summed E-state index contributed by atoms with van der Waals surface area (Å²) in [6.45, 7) is -0.160. The van der Waals surface area contributed by atoms with Crippen LogP contribution in [0.25, 0.3) is 0 Å². The van der Waals surface area contributed by atoms with E-state index >= 15 is 0 Å². The molecular formula is C12H21N4O5+. The minimum Gasteiger partial charge on any atom is -0.390 e. The average Bonchev–Trinajstić information content (AvgIpc) is 2.41. The number of carbonyl (C=O) groups excluding carboxylic acids is 3. The van der Waals surface area contributed by atoms with Crippen molar-refractivity contribution in [2.24, 2.45) is 5.73 Å². The lowest BCUT2D eigenvalue weighted by molar-refractivity contribution is -0.615. The highest BCUT2D eigenvalue weighted by Gasteiger charge is 2.33. The molecule has 9 heteroatoms. The summed E-state index contributed by atoms with van der Waals surface area (Å²) in [5.74, 6) is -1.59. The fourth-order valence-electron chi connectivity index (χ4n) is 1.98. The van der Waals surface area contributed by atoms with Crippen molar-refractivity contribution in [3.8, 4) is 0 Å². The molecule has 0 saturated carbocycles. The number of amides is 3. The quantitative estimate of drug-likeness (QED) is 0.290. The van der Waals surface area contributed by atoms with Crippen molar-refractivity contribution < 1.29 is 29.9 Å². The maximum absolute atomic E-state index is 11.8. The van der Waals surface area contributed by atoms with Crippen LogP contribution in [0, 0.1) is 0 Å². The van der Waals surface area contributed by atoms with Gasteiger partial charge in [0.1, 0.15) is 6.10 Å². The molecule has 3 amide bonds. The summed E-state index contributed by atoms with van der Waals surface area (Å²) in [4.78, 5) is 34.0. The maximum Gasteiger partial charge on any atom is 0.275 e. The molecule has 118 valence electrons. The molecule has 0 unspecified atom stereocenters. The van der Waals surface area contributed by atoms with Crippen molar-refractivity contribution in [1.29, 1.82) is 0 Å². The molecule has 0 aromatic carbocycles. The van der Waals surface area contributed by atoms with Gasteiger partial charge in [0, 0.05) is 12.0 Å². The Labute approximate surface area is 121 Å². The van der Waals surface area contributed by atoms with Crippen molar-refractivity contribution in [1.82, 2.24) is 10.6 Å². The topological polar surface area (TPSA) is 158 Å². The molecule has 1 rings (SSSR count). The zero-order valence-corrected chi connectivity index (χ0v) is 11.7. The Morgan fingerprint density at radius 3 is 2.67 bits per heavy atom. The van der Waals surface area contributed by atoms with E-state index in [0.717, 1.165) is 0 Å². The van der Waals surface area contributed by atoms with Crippen LogP contribution < -0.4 is 21.7 Å². The highest BCUT2D eigenvalue weighted by molar-refractivity contribution is 5.96. The number of hydrogen-bond acceptors (Lipinski definition) is 5. The summed E-state index contributed by atoms with van der Waals surface area (Å²) in [6.07, 6.45) is -1.07. The minimum atomic E-state index is -1.20. The Morgan fingerprint density at radius 1 is 1.43 bits per heavy atom. The first kappa shape index (κ1) is 17.1. The van der Waals surface area contributed by atoms with Gasteiger partial charge in [-0.3, -0.25) is 14.4 Å². The van der Waals surface area contributed by atoms with Gasteiger partial charge in [-0.25, -0.2) is 0 Å². The SMILES string of the molecule is C[NH2+]CC(=O)N[C@@H]1C=C(C(=O)NCC(N)=O)C[C@@H](O)[C@@H]1O. The lowest BCUT2D eigenvalue weighted by atomic mass is 9.90. The van der Waals surface area contributed by atoms with Crippen molar-refractivity contribution >= 4 is 17.7 Å². The van der Waals surface area contributed by atoms with E-state index < -0.39 is 30.1 Å². The zero-order chi connectivity index (χ0) is 16.0. The van der Waals surface area contributed by atoms with Gasteiger partial charge < -0.3 is 31.9 Å². The lowest BCUT2D eigenvalue weighted by Crippen LogP contribution is -2.82. The number of primary amides is 1. The fraction of sp³-hybridized carbons (Fsp3) is 0.583. The summed E-state index contributed by atoms with van der Waals surface area (Å²) in [7, 11) is 1.71. The summed E-state index contributed by atoms with van der Waals surface area (Å²) in [6, 6.07) is -0.865. The molecule has 0 aromatic heterocycles. The number of aliphatic hydroxyl groups is 2. The molecule has 0 spiro atoms. The van der Waals surface area contributed by atoms with Crippen LogP contribution in [0.15, 0.2) is 11.6 Å². The van der Waals surface area contributed by atoms with Crippen LogP contribution in [0.3, 0.4) is 0 Å².